The van der Waals surface area contributed by atoms with E-state index in [9.17, 15) is 0 Å². The minimum absolute atomic E-state index is 0.0508. The molecule has 1 aromatic carbocycles. The first-order valence-corrected chi connectivity index (χ1v) is 4.51. The van der Waals surface area contributed by atoms with Crippen molar-refractivity contribution in [2.24, 2.45) is 0 Å². The molecule has 1 aromatic rings. The Morgan fingerprint density at radius 1 is 1.23 bits per heavy atom. The molecule has 2 atom stereocenters. The lowest BCUT2D eigenvalue weighted by molar-refractivity contribution is 0.0424. The van der Waals surface area contributed by atoms with Crippen LogP contribution >= 0.6 is 0 Å². The van der Waals surface area contributed by atoms with E-state index in [1.807, 2.05) is 6.07 Å². The fourth-order valence-corrected chi connectivity index (χ4v) is 1.90. The van der Waals surface area contributed by atoms with Gasteiger partial charge in [0.15, 0.2) is 6.23 Å². The maximum absolute atomic E-state index is 5.43. The molecule has 0 aliphatic carbocycles. The second kappa shape index (κ2) is 2.72. The summed E-state index contributed by atoms with van der Waals surface area (Å²) in [5.74, 6) is 0. The van der Waals surface area contributed by atoms with Gasteiger partial charge in [0.2, 0.25) is 0 Å². The number of para-hydroxylation sites is 1. The number of hydrogen-bond acceptors (Lipinski definition) is 3. The van der Waals surface area contributed by atoms with E-state index in [4.69, 9.17) is 9.47 Å². The lowest BCUT2D eigenvalue weighted by Crippen LogP contribution is -2.36. The molecular formula is C10H11NO2. The number of nitrogens with one attached hydrogen (secondary N) is 1. The number of ether oxygens (including phenoxy) is 2. The van der Waals surface area contributed by atoms with Crippen LogP contribution in [-0.4, -0.2) is 19.1 Å². The third kappa shape index (κ3) is 1.12. The zero-order valence-corrected chi connectivity index (χ0v) is 7.19. The lowest BCUT2D eigenvalue weighted by Gasteiger charge is -2.26. The molecule has 13 heavy (non-hydrogen) atoms. The van der Waals surface area contributed by atoms with Gasteiger partial charge in [-0.2, -0.15) is 0 Å². The molecule has 3 rings (SSSR count). The van der Waals surface area contributed by atoms with Crippen LogP contribution in [0.25, 0.3) is 0 Å². The highest BCUT2D eigenvalue weighted by Crippen LogP contribution is 2.29. The van der Waals surface area contributed by atoms with Gasteiger partial charge in [-0.3, -0.25) is 0 Å². The smallest absolute Gasteiger partial charge is 0.157 e. The van der Waals surface area contributed by atoms with Gasteiger partial charge in [0.05, 0.1) is 0 Å². The average Bonchev–Trinajstić information content (AvgIpc) is 2.61. The van der Waals surface area contributed by atoms with Gasteiger partial charge < -0.3 is 14.8 Å². The third-order valence-electron chi connectivity index (χ3n) is 2.60. The van der Waals surface area contributed by atoms with Crippen LogP contribution in [0, 0.1) is 0 Å². The summed E-state index contributed by atoms with van der Waals surface area (Å²) in [5, 5.41) is 3.31. The molecule has 3 heteroatoms. The molecule has 2 aliphatic rings. The predicted octanol–water partition coefficient (Wildman–Crippen LogP) is 1.35. The van der Waals surface area contributed by atoms with Crippen molar-refractivity contribution in [3.05, 3.63) is 29.8 Å². The first-order chi connectivity index (χ1) is 6.43. The van der Waals surface area contributed by atoms with Crippen LogP contribution in [0.15, 0.2) is 24.3 Å². The summed E-state index contributed by atoms with van der Waals surface area (Å²) in [4.78, 5) is 0. The second-order valence-corrected chi connectivity index (χ2v) is 3.42. The molecule has 0 radical (unpaired) electrons. The number of fused-ring (bicyclic) bond motifs is 2. The van der Waals surface area contributed by atoms with E-state index in [2.05, 4.69) is 23.5 Å². The summed E-state index contributed by atoms with van der Waals surface area (Å²) in [6.07, 6.45) is 1.19. The van der Waals surface area contributed by atoms with Crippen molar-refractivity contribution < 1.29 is 9.47 Å². The van der Waals surface area contributed by atoms with E-state index in [-0.39, 0.29) is 12.3 Å². The van der Waals surface area contributed by atoms with Crippen LogP contribution < -0.4 is 5.32 Å². The zero-order valence-electron chi connectivity index (χ0n) is 7.19. The standard InChI is InChI=1S/C10H11NO2/c1-2-4-8-7(3-1)5-9-10(11-8)13-6-12-9/h1-4,9-11H,5-6H2. The maximum atomic E-state index is 5.43. The Morgan fingerprint density at radius 2 is 2.15 bits per heavy atom. The molecule has 0 saturated carbocycles. The molecule has 68 valence electrons. The van der Waals surface area contributed by atoms with Gasteiger partial charge in [-0.1, -0.05) is 18.2 Å². The molecule has 2 aliphatic heterocycles. The highest BCUT2D eigenvalue weighted by atomic mass is 16.7. The number of benzene rings is 1. The van der Waals surface area contributed by atoms with E-state index < -0.39 is 0 Å². The van der Waals surface area contributed by atoms with Gasteiger partial charge in [-0.15, -0.1) is 0 Å². The summed E-state index contributed by atoms with van der Waals surface area (Å²) >= 11 is 0. The first-order valence-electron chi connectivity index (χ1n) is 4.51. The molecule has 2 heterocycles. The highest BCUT2D eigenvalue weighted by Gasteiger charge is 2.33. The average molecular weight is 177 g/mol. The Kier molecular flexibility index (Phi) is 1.54. The number of rotatable bonds is 0. The molecular weight excluding hydrogens is 166 g/mol. The van der Waals surface area contributed by atoms with Crippen LogP contribution in [0.3, 0.4) is 0 Å². The monoisotopic (exact) mass is 177 g/mol. The quantitative estimate of drug-likeness (QED) is 0.649. The summed E-state index contributed by atoms with van der Waals surface area (Å²) in [5.41, 5.74) is 2.49. The Hall–Kier alpha value is -1.06. The molecule has 0 aromatic heterocycles. The van der Waals surface area contributed by atoms with Crippen molar-refractivity contribution in [1.82, 2.24) is 0 Å². The zero-order chi connectivity index (χ0) is 8.67. The molecule has 3 nitrogen and oxygen atoms in total. The van der Waals surface area contributed by atoms with E-state index in [1.54, 1.807) is 0 Å². The van der Waals surface area contributed by atoms with Crippen LogP contribution in [0.1, 0.15) is 5.56 Å². The fraction of sp³-hybridized carbons (Fsp3) is 0.400. The van der Waals surface area contributed by atoms with E-state index in [0.29, 0.717) is 6.79 Å². The normalized spacial score (nSPS) is 30.5. The molecule has 1 saturated heterocycles. The van der Waals surface area contributed by atoms with E-state index in [0.717, 1.165) is 6.42 Å². The Bertz CT molecular complexity index is 295. The van der Waals surface area contributed by atoms with Crippen LogP contribution in [0.2, 0.25) is 0 Å². The van der Waals surface area contributed by atoms with Gasteiger partial charge in [0.1, 0.15) is 12.9 Å². The van der Waals surface area contributed by atoms with Crippen molar-refractivity contribution in [2.45, 2.75) is 18.8 Å². The van der Waals surface area contributed by atoms with Gasteiger partial charge in [-0.25, -0.2) is 0 Å². The van der Waals surface area contributed by atoms with Crippen molar-refractivity contribution in [2.75, 3.05) is 12.1 Å². The predicted molar refractivity (Wildman–Crippen MR) is 48.4 cm³/mol. The van der Waals surface area contributed by atoms with Crippen molar-refractivity contribution >= 4 is 5.69 Å². The van der Waals surface area contributed by atoms with Crippen molar-refractivity contribution in [3.8, 4) is 0 Å². The largest absolute Gasteiger partial charge is 0.358 e. The lowest BCUT2D eigenvalue weighted by atomic mass is 10.0. The van der Waals surface area contributed by atoms with Crippen LogP contribution in [0.5, 0.6) is 0 Å². The van der Waals surface area contributed by atoms with E-state index in [1.165, 1.54) is 11.3 Å². The van der Waals surface area contributed by atoms with Gasteiger partial charge >= 0.3 is 0 Å². The Morgan fingerprint density at radius 3 is 3.15 bits per heavy atom. The minimum atomic E-state index is 0.0508. The molecule has 0 bridgehead atoms. The molecule has 1 fully saturated rings. The fourth-order valence-electron chi connectivity index (χ4n) is 1.90. The number of anilines is 1. The van der Waals surface area contributed by atoms with Gasteiger partial charge in [0.25, 0.3) is 0 Å². The van der Waals surface area contributed by atoms with Crippen molar-refractivity contribution in [1.29, 1.82) is 0 Å². The van der Waals surface area contributed by atoms with Gasteiger partial charge in [0, 0.05) is 12.1 Å². The van der Waals surface area contributed by atoms with Crippen LogP contribution in [-0.2, 0) is 15.9 Å². The van der Waals surface area contributed by atoms with Gasteiger partial charge in [-0.05, 0) is 11.6 Å². The topological polar surface area (TPSA) is 30.5 Å². The first kappa shape index (κ1) is 7.35. The third-order valence-corrected chi connectivity index (χ3v) is 2.60. The summed E-state index contributed by atoms with van der Waals surface area (Å²) < 4.78 is 10.8. The van der Waals surface area contributed by atoms with E-state index >= 15 is 0 Å². The van der Waals surface area contributed by atoms with Crippen molar-refractivity contribution in [3.63, 3.8) is 0 Å². The van der Waals surface area contributed by atoms with Crippen LogP contribution in [0.4, 0.5) is 5.69 Å². The Balaban J connectivity index is 1.97. The Labute approximate surface area is 76.7 Å². The number of hydrogen-bond donors (Lipinski definition) is 1. The summed E-state index contributed by atoms with van der Waals surface area (Å²) in [6.45, 7) is 0.413. The molecule has 2 unspecified atom stereocenters. The molecule has 1 N–H and O–H groups in total. The molecule has 0 amide bonds. The minimum Gasteiger partial charge on any atom is -0.358 e. The second-order valence-electron chi connectivity index (χ2n) is 3.42. The SMILES string of the molecule is c1ccc2c(c1)CC1OCOC1N2. The highest BCUT2D eigenvalue weighted by molar-refractivity contribution is 5.54. The molecule has 0 spiro atoms. The summed E-state index contributed by atoms with van der Waals surface area (Å²) in [7, 11) is 0. The summed E-state index contributed by atoms with van der Waals surface area (Å²) in [6, 6.07) is 8.28. The maximum Gasteiger partial charge on any atom is 0.157 e.